The van der Waals surface area contributed by atoms with E-state index in [4.69, 9.17) is 9.72 Å². The van der Waals surface area contributed by atoms with Gasteiger partial charge in [0.2, 0.25) is 0 Å². The fraction of sp³-hybridized carbons (Fsp3) is 0.242. The minimum Gasteiger partial charge on any atom is -0.444 e. The molecule has 1 aliphatic rings. The predicted octanol–water partition coefficient (Wildman–Crippen LogP) is 7.84. The van der Waals surface area contributed by atoms with Gasteiger partial charge in [-0.15, -0.1) is 11.3 Å². The van der Waals surface area contributed by atoms with Crippen LogP contribution in [0.1, 0.15) is 52.8 Å². The maximum Gasteiger partial charge on any atom is 0.410 e. The van der Waals surface area contributed by atoms with Crippen molar-refractivity contribution in [1.82, 2.24) is 19.9 Å². The Balaban J connectivity index is 1.28. The second-order valence-corrected chi connectivity index (χ2v) is 12.5. The molecule has 0 fully saturated rings. The van der Waals surface area contributed by atoms with Crippen LogP contribution in [0.2, 0.25) is 0 Å². The Morgan fingerprint density at radius 3 is 2.48 bits per heavy atom. The van der Waals surface area contributed by atoms with Crippen LogP contribution in [0.5, 0.6) is 0 Å². The zero-order valence-electron chi connectivity index (χ0n) is 24.2. The van der Waals surface area contributed by atoms with Gasteiger partial charge in [-0.25, -0.2) is 14.8 Å². The monoisotopic (exact) mass is 577 g/mol. The van der Waals surface area contributed by atoms with Gasteiger partial charge in [0.1, 0.15) is 16.1 Å². The highest BCUT2D eigenvalue weighted by Crippen LogP contribution is 2.40. The first-order valence-corrected chi connectivity index (χ1v) is 14.6. The van der Waals surface area contributed by atoms with Crippen LogP contribution in [-0.4, -0.2) is 37.8 Å². The highest BCUT2D eigenvalue weighted by atomic mass is 32.1. The van der Waals surface area contributed by atoms with Crippen LogP contribution in [0.25, 0.3) is 32.6 Å². The van der Waals surface area contributed by atoms with Crippen molar-refractivity contribution < 1.29 is 14.3 Å². The largest absolute Gasteiger partial charge is 0.444 e. The van der Waals surface area contributed by atoms with Gasteiger partial charge >= 0.3 is 6.09 Å². The van der Waals surface area contributed by atoms with Gasteiger partial charge in [-0.3, -0.25) is 14.7 Å². The molecule has 6 rings (SSSR count). The summed E-state index contributed by atoms with van der Waals surface area (Å²) in [5.41, 5.74) is 8.09. The molecule has 1 amide bonds. The number of carbonyl (C=O) groups is 2. The normalized spacial score (nSPS) is 12.8. The summed E-state index contributed by atoms with van der Waals surface area (Å²) < 4.78 is 5.55. The summed E-state index contributed by atoms with van der Waals surface area (Å²) in [7, 11) is 0. The molecule has 42 heavy (non-hydrogen) atoms. The molecule has 0 atom stereocenters. The lowest BCUT2D eigenvalue weighted by atomic mass is 9.93. The molecule has 212 valence electrons. The number of thiazole rings is 1. The molecule has 0 aliphatic carbocycles. The molecule has 3 aromatic heterocycles. The standard InChI is InChI=1S/C33H31N5O3S/c1-19-23(8-6-10-25(19)31-37-27-16-38(17-28(27)42-31)32(40)41-33(3,4)5)24-9-7-11-26(20(24)2)36-30-29-22(12-13-34-30)14-21(18-39)15-35-29/h6-15,18H,16-17H2,1-5H3,(H,34,36). The lowest BCUT2D eigenvalue weighted by Crippen LogP contribution is -2.33. The van der Waals surface area contributed by atoms with Gasteiger partial charge in [0.25, 0.3) is 0 Å². The lowest BCUT2D eigenvalue weighted by Gasteiger charge is -2.24. The van der Waals surface area contributed by atoms with Crippen molar-refractivity contribution in [3.05, 3.63) is 88.2 Å². The van der Waals surface area contributed by atoms with Gasteiger partial charge in [0.05, 0.1) is 18.8 Å². The highest BCUT2D eigenvalue weighted by Gasteiger charge is 2.31. The van der Waals surface area contributed by atoms with Crippen molar-refractivity contribution in [2.75, 3.05) is 5.32 Å². The molecule has 1 N–H and O–H groups in total. The summed E-state index contributed by atoms with van der Waals surface area (Å²) >= 11 is 1.64. The summed E-state index contributed by atoms with van der Waals surface area (Å²) in [6, 6.07) is 16.1. The number of nitrogens with zero attached hydrogens (tertiary/aromatic N) is 4. The summed E-state index contributed by atoms with van der Waals surface area (Å²) in [6.45, 7) is 10.8. The number of rotatable bonds is 5. The Kier molecular flexibility index (Phi) is 6.98. The second kappa shape index (κ2) is 10.6. The highest BCUT2D eigenvalue weighted by molar-refractivity contribution is 7.15. The Morgan fingerprint density at radius 1 is 1.00 bits per heavy atom. The fourth-order valence-corrected chi connectivity index (χ4v) is 6.36. The molecule has 0 radical (unpaired) electrons. The minimum atomic E-state index is -0.530. The van der Waals surface area contributed by atoms with Gasteiger partial charge in [-0.1, -0.05) is 30.3 Å². The van der Waals surface area contributed by atoms with E-state index in [1.165, 1.54) is 0 Å². The number of ether oxygens (including phenoxy) is 1. The number of aldehydes is 1. The van der Waals surface area contributed by atoms with E-state index in [0.717, 1.165) is 60.8 Å². The predicted molar refractivity (Wildman–Crippen MR) is 166 cm³/mol. The smallest absolute Gasteiger partial charge is 0.410 e. The number of hydrogen-bond acceptors (Lipinski definition) is 8. The zero-order chi connectivity index (χ0) is 29.6. The number of fused-ring (bicyclic) bond motifs is 2. The molecule has 8 nitrogen and oxygen atoms in total. The number of benzene rings is 2. The average molecular weight is 578 g/mol. The Morgan fingerprint density at radius 2 is 1.74 bits per heavy atom. The molecular weight excluding hydrogens is 546 g/mol. The van der Waals surface area contributed by atoms with Crippen molar-refractivity contribution in [2.24, 2.45) is 0 Å². The summed E-state index contributed by atoms with van der Waals surface area (Å²) in [5, 5.41) is 5.27. The third kappa shape index (κ3) is 5.23. The van der Waals surface area contributed by atoms with Gasteiger partial charge < -0.3 is 10.1 Å². The van der Waals surface area contributed by atoms with Crippen molar-refractivity contribution >= 4 is 46.1 Å². The first kappa shape index (κ1) is 27.5. The van der Waals surface area contributed by atoms with E-state index < -0.39 is 5.60 Å². The molecule has 0 unspecified atom stereocenters. The van der Waals surface area contributed by atoms with Crippen molar-refractivity contribution in [3.63, 3.8) is 0 Å². The number of pyridine rings is 2. The zero-order valence-corrected chi connectivity index (χ0v) is 25.0. The molecule has 9 heteroatoms. The molecule has 0 spiro atoms. The van der Waals surface area contributed by atoms with Crippen LogP contribution in [0, 0.1) is 13.8 Å². The summed E-state index contributed by atoms with van der Waals surface area (Å²) in [5.74, 6) is 0.633. The molecule has 0 bridgehead atoms. The first-order chi connectivity index (χ1) is 20.1. The van der Waals surface area contributed by atoms with Crippen LogP contribution in [0.15, 0.2) is 60.9 Å². The molecule has 4 heterocycles. The number of amides is 1. The third-order valence-electron chi connectivity index (χ3n) is 7.30. The SMILES string of the molecule is Cc1c(Nc2nccc3cc(C=O)cnc23)cccc1-c1cccc(-c2nc3c(s2)CN(C(=O)OC(C)(C)C)C3)c1C. The minimum absolute atomic E-state index is 0.309. The van der Waals surface area contributed by atoms with E-state index in [1.54, 1.807) is 28.6 Å². The van der Waals surface area contributed by atoms with Crippen LogP contribution in [-0.2, 0) is 17.8 Å². The van der Waals surface area contributed by atoms with Gasteiger partial charge in [-0.2, -0.15) is 0 Å². The van der Waals surface area contributed by atoms with Crippen LogP contribution in [0.3, 0.4) is 0 Å². The summed E-state index contributed by atoms with van der Waals surface area (Å²) in [6.07, 6.45) is 3.76. The number of hydrogen-bond donors (Lipinski definition) is 1. The lowest BCUT2D eigenvalue weighted by molar-refractivity contribution is 0.0241. The molecule has 2 aromatic carbocycles. The number of carbonyl (C=O) groups excluding carboxylic acids is 2. The van der Waals surface area contributed by atoms with Crippen molar-refractivity contribution in [3.8, 4) is 21.7 Å². The van der Waals surface area contributed by atoms with Crippen LogP contribution >= 0.6 is 11.3 Å². The quantitative estimate of drug-likeness (QED) is 0.213. The van der Waals surface area contributed by atoms with E-state index in [-0.39, 0.29) is 6.09 Å². The van der Waals surface area contributed by atoms with Crippen LogP contribution < -0.4 is 5.32 Å². The molecular formula is C33H31N5O3S. The average Bonchev–Trinajstić information content (AvgIpc) is 3.53. The Labute approximate surface area is 248 Å². The second-order valence-electron chi connectivity index (χ2n) is 11.4. The molecule has 1 aliphatic heterocycles. The van der Waals surface area contributed by atoms with Gasteiger partial charge in [0.15, 0.2) is 12.1 Å². The molecule has 5 aromatic rings. The maximum atomic E-state index is 12.6. The van der Waals surface area contributed by atoms with E-state index in [9.17, 15) is 9.59 Å². The summed E-state index contributed by atoms with van der Waals surface area (Å²) in [4.78, 5) is 40.5. The van der Waals surface area contributed by atoms with Crippen LogP contribution in [0.4, 0.5) is 16.3 Å². The van der Waals surface area contributed by atoms with Crippen molar-refractivity contribution in [1.29, 1.82) is 0 Å². The maximum absolute atomic E-state index is 12.6. The third-order valence-corrected chi connectivity index (χ3v) is 8.42. The first-order valence-electron chi connectivity index (χ1n) is 13.7. The van der Waals surface area contributed by atoms with E-state index in [0.29, 0.717) is 30.0 Å². The molecule has 0 saturated heterocycles. The van der Waals surface area contributed by atoms with E-state index in [1.807, 2.05) is 45.0 Å². The topological polar surface area (TPSA) is 97.3 Å². The number of nitrogens with one attached hydrogen (secondary N) is 1. The Bertz CT molecular complexity index is 1830. The van der Waals surface area contributed by atoms with E-state index in [2.05, 4.69) is 53.4 Å². The Hall–Kier alpha value is -4.63. The van der Waals surface area contributed by atoms with Crippen molar-refractivity contribution in [2.45, 2.75) is 53.3 Å². The van der Waals surface area contributed by atoms with Gasteiger partial charge in [0, 0.05) is 39.5 Å². The number of anilines is 2. The number of aromatic nitrogens is 3. The molecule has 0 saturated carbocycles. The van der Waals surface area contributed by atoms with Gasteiger partial charge in [-0.05, 0) is 75.1 Å². The van der Waals surface area contributed by atoms with E-state index >= 15 is 0 Å². The fourth-order valence-electron chi connectivity index (χ4n) is 5.19.